The van der Waals surface area contributed by atoms with Gasteiger partial charge < -0.3 is 14.2 Å². The number of hydrogen-bond acceptors (Lipinski definition) is 6. The molecule has 0 spiro atoms. The van der Waals surface area contributed by atoms with E-state index in [0.717, 1.165) is 122 Å². The number of carbonyl (C=O) groups is 3. The van der Waals surface area contributed by atoms with Crippen molar-refractivity contribution in [1.29, 1.82) is 0 Å². The third-order valence-electron chi connectivity index (χ3n) is 15.0. The molecule has 0 aromatic rings. The van der Waals surface area contributed by atoms with E-state index in [4.69, 9.17) is 14.2 Å². The van der Waals surface area contributed by atoms with E-state index in [1.807, 2.05) is 0 Å². The molecular formula is C75H130O6. The molecule has 0 saturated heterocycles. The van der Waals surface area contributed by atoms with Crippen LogP contribution in [0.1, 0.15) is 342 Å². The zero-order valence-electron chi connectivity index (χ0n) is 53.5. The van der Waals surface area contributed by atoms with Gasteiger partial charge in [-0.05, 0) is 116 Å². The standard InChI is InChI=1S/C75H130O6/c1-4-7-10-13-16-19-22-24-26-28-30-32-33-34-35-36-37-38-39-40-41-43-44-46-48-50-53-56-59-62-65-68-74(77)80-71-72(70-79-73(76)67-64-61-58-55-52-21-18-15-12-9-6-3)81-75(78)69-66-63-60-57-54-51-49-47-45-42-31-29-27-25-23-20-17-14-11-8-5-2/h8,11,15,17-18,20,22,24-25,27-28,30-31,42,47,49,72H,4-7,9-10,12-14,16,19,21,23,26,29,32-41,43-46,48,50-71H2,1-3H3/b11-8-,18-15-,20-17-,24-22-,27-25-,30-28-,42-31-,49-47-. The van der Waals surface area contributed by atoms with Crippen LogP contribution in [0.3, 0.4) is 0 Å². The Morgan fingerprint density at radius 3 is 0.802 bits per heavy atom. The summed E-state index contributed by atoms with van der Waals surface area (Å²) in [4.78, 5) is 38.3. The quantitative estimate of drug-likeness (QED) is 0.0261. The Morgan fingerprint density at radius 2 is 0.494 bits per heavy atom. The molecule has 0 aromatic carbocycles. The highest BCUT2D eigenvalue weighted by Gasteiger charge is 2.19. The molecule has 0 aliphatic carbocycles. The summed E-state index contributed by atoms with van der Waals surface area (Å²) in [6, 6.07) is 0. The van der Waals surface area contributed by atoms with E-state index in [9.17, 15) is 14.4 Å². The second-order valence-corrected chi connectivity index (χ2v) is 23.1. The van der Waals surface area contributed by atoms with E-state index in [1.165, 1.54) is 180 Å². The van der Waals surface area contributed by atoms with E-state index in [1.54, 1.807) is 0 Å². The third kappa shape index (κ3) is 67.0. The maximum atomic E-state index is 12.9. The molecule has 0 fully saturated rings. The van der Waals surface area contributed by atoms with Gasteiger partial charge in [0.1, 0.15) is 13.2 Å². The lowest BCUT2D eigenvalue weighted by atomic mass is 10.0. The summed E-state index contributed by atoms with van der Waals surface area (Å²) in [5.41, 5.74) is 0. The zero-order chi connectivity index (χ0) is 58.5. The molecule has 81 heavy (non-hydrogen) atoms. The van der Waals surface area contributed by atoms with Gasteiger partial charge in [-0.1, -0.05) is 304 Å². The molecule has 0 aromatic heterocycles. The number of allylic oxidation sites excluding steroid dienone is 16. The van der Waals surface area contributed by atoms with Gasteiger partial charge in [-0.15, -0.1) is 0 Å². The first kappa shape index (κ1) is 77.3. The van der Waals surface area contributed by atoms with Crippen LogP contribution < -0.4 is 0 Å². The van der Waals surface area contributed by atoms with Gasteiger partial charge in [0.25, 0.3) is 0 Å². The largest absolute Gasteiger partial charge is 0.462 e. The van der Waals surface area contributed by atoms with E-state index >= 15 is 0 Å². The van der Waals surface area contributed by atoms with Gasteiger partial charge in [0.2, 0.25) is 0 Å². The maximum absolute atomic E-state index is 12.9. The lowest BCUT2D eigenvalue weighted by Crippen LogP contribution is -2.30. The highest BCUT2D eigenvalue weighted by Crippen LogP contribution is 2.17. The Balaban J connectivity index is 4.20. The Hall–Kier alpha value is -3.67. The van der Waals surface area contributed by atoms with Crippen LogP contribution in [0.5, 0.6) is 0 Å². The summed E-state index contributed by atoms with van der Waals surface area (Å²) < 4.78 is 16.9. The fourth-order valence-corrected chi connectivity index (χ4v) is 9.84. The van der Waals surface area contributed by atoms with E-state index in [-0.39, 0.29) is 31.1 Å². The Labute approximate surface area is 502 Å². The van der Waals surface area contributed by atoms with Crippen LogP contribution in [0.25, 0.3) is 0 Å². The second kappa shape index (κ2) is 68.8. The van der Waals surface area contributed by atoms with Crippen molar-refractivity contribution in [2.75, 3.05) is 13.2 Å². The first-order chi connectivity index (χ1) is 40.0. The molecule has 0 bridgehead atoms. The lowest BCUT2D eigenvalue weighted by molar-refractivity contribution is -0.167. The monoisotopic (exact) mass is 1130 g/mol. The fraction of sp³-hybridized carbons (Fsp3) is 0.747. The average molecular weight is 1130 g/mol. The van der Waals surface area contributed by atoms with E-state index in [0.29, 0.717) is 19.3 Å². The summed E-state index contributed by atoms with van der Waals surface area (Å²) in [6.45, 7) is 6.49. The first-order valence-electron chi connectivity index (χ1n) is 34.7. The number of rotatable bonds is 63. The number of carbonyl (C=O) groups excluding carboxylic acids is 3. The molecule has 0 rings (SSSR count). The smallest absolute Gasteiger partial charge is 0.306 e. The highest BCUT2D eigenvalue weighted by molar-refractivity contribution is 5.71. The van der Waals surface area contributed by atoms with Crippen molar-refractivity contribution in [2.24, 2.45) is 0 Å². The molecule has 1 atom stereocenters. The molecule has 0 N–H and O–H groups in total. The predicted molar refractivity (Wildman–Crippen MR) is 353 cm³/mol. The molecule has 0 amide bonds. The van der Waals surface area contributed by atoms with Gasteiger partial charge in [-0.3, -0.25) is 14.4 Å². The molecule has 0 saturated carbocycles. The molecule has 0 aliphatic rings. The van der Waals surface area contributed by atoms with Crippen LogP contribution >= 0.6 is 0 Å². The molecule has 6 heteroatoms. The fourth-order valence-electron chi connectivity index (χ4n) is 9.84. The van der Waals surface area contributed by atoms with Crippen molar-refractivity contribution in [1.82, 2.24) is 0 Å². The van der Waals surface area contributed by atoms with Crippen molar-refractivity contribution in [3.8, 4) is 0 Å². The summed E-state index contributed by atoms with van der Waals surface area (Å²) in [7, 11) is 0. The zero-order valence-corrected chi connectivity index (χ0v) is 53.5. The van der Waals surface area contributed by atoms with Crippen LogP contribution in [0.4, 0.5) is 0 Å². The molecule has 0 radical (unpaired) electrons. The van der Waals surface area contributed by atoms with Crippen molar-refractivity contribution < 1.29 is 28.6 Å². The predicted octanol–water partition coefficient (Wildman–Crippen LogP) is 24.0. The molecule has 0 aliphatic heterocycles. The summed E-state index contributed by atoms with van der Waals surface area (Å²) >= 11 is 0. The number of hydrogen-bond donors (Lipinski definition) is 0. The van der Waals surface area contributed by atoms with Gasteiger partial charge in [-0.2, -0.15) is 0 Å². The molecule has 466 valence electrons. The van der Waals surface area contributed by atoms with Crippen molar-refractivity contribution in [2.45, 2.75) is 348 Å². The Bertz CT molecular complexity index is 1580. The van der Waals surface area contributed by atoms with Gasteiger partial charge in [-0.25, -0.2) is 0 Å². The van der Waals surface area contributed by atoms with Crippen LogP contribution in [-0.4, -0.2) is 37.2 Å². The maximum Gasteiger partial charge on any atom is 0.306 e. The topological polar surface area (TPSA) is 78.9 Å². The van der Waals surface area contributed by atoms with Crippen LogP contribution in [0.2, 0.25) is 0 Å². The number of esters is 3. The summed E-state index contributed by atoms with van der Waals surface area (Å²) in [5, 5.41) is 0. The SMILES string of the molecule is CC/C=C\C/C=C\C/C=C\C/C=C\C/C=C\CCCCCCCC(=O)OC(COC(=O)CCCCCCC/C=C\CCCC)COC(=O)CCCCCCCCCCCCCCCCCCCCC/C=C\C/C=C\CCCCCCC. The van der Waals surface area contributed by atoms with Crippen LogP contribution in [0.15, 0.2) is 97.2 Å². The highest BCUT2D eigenvalue weighted by atomic mass is 16.6. The summed E-state index contributed by atoms with van der Waals surface area (Å²) in [6.07, 6.45) is 93.0. The minimum atomic E-state index is -0.792. The normalized spacial score (nSPS) is 12.7. The minimum absolute atomic E-state index is 0.0860. The molecule has 0 heterocycles. The lowest BCUT2D eigenvalue weighted by Gasteiger charge is -2.18. The Kier molecular flexibility index (Phi) is 65.7. The Morgan fingerprint density at radius 1 is 0.259 bits per heavy atom. The molecular weight excluding hydrogens is 997 g/mol. The third-order valence-corrected chi connectivity index (χ3v) is 15.0. The minimum Gasteiger partial charge on any atom is -0.462 e. The van der Waals surface area contributed by atoms with Gasteiger partial charge in [0.05, 0.1) is 0 Å². The van der Waals surface area contributed by atoms with Crippen LogP contribution in [0, 0.1) is 0 Å². The molecule has 1 unspecified atom stereocenters. The number of unbranched alkanes of at least 4 members (excludes halogenated alkanes) is 36. The summed E-state index contributed by atoms with van der Waals surface area (Å²) in [5.74, 6) is -0.903. The van der Waals surface area contributed by atoms with Gasteiger partial charge in [0.15, 0.2) is 6.10 Å². The average Bonchev–Trinajstić information content (AvgIpc) is 3.47. The van der Waals surface area contributed by atoms with Crippen LogP contribution in [-0.2, 0) is 28.6 Å². The van der Waals surface area contributed by atoms with Crippen molar-refractivity contribution in [3.05, 3.63) is 97.2 Å². The van der Waals surface area contributed by atoms with E-state index in [2.05, 4.69) is 118 Å². The second-order valence-electron chi connectivity index (χ2n) is 23.1. The first-order valence-corrected chi connectivity index (χ1v) is 34.7. The van der Waals surface area contributed by atoms with Gasteiger partial charge in [0, 0.05) is 19.3 Å². The van der Waals surface area contributed by atoms with Gasteiger partial charge >= 0.3 is 17.9 Å². The van der Waals surface area contributed by atoms with Crippen molar-refractivity contribution >= 4 is 17.9 Å². The number of ether oxygens (including phenoxy) is 3. The van der Waals surface area contributed by atoms with E-state index < -0.39 is 6.10 Å². The van der Waals surface area contributed by atoms with Crippen molar-refractivity contribution in [3.63, 3.8) is 0 Å². The molecule has 6 nitrogen and oxygen atoms in total.